The Kier molecular flexibility index (Phi) is 3.84. The normalized spacial score (nSPS) is 11.9. The number of hydrogen-bond acceptors (Lipinski definition) is 4. The number of aromatic nitrogens is 1. The molecule has 5 nitrogen and oxygen atoms in total. The van der Waals surface area contributed by atoms with Crippen LogP contribution in [0.25, 0.3) is 0 Å². The summed E-state index contributed by atoms with van der Waals surface area (Å²) in [6.07, 6.45) is 1.40. The number of carboxylic acids is 1. The average molecular weight is 219 g/mol. The first-order chi connectivity index (χ1) is 7.54. The fourth-order valence-electron chi connectivity index (χ4n) is 1.22. The van der Waals surface area contributed by atoms with Crippen LogP contribution in [0.4, 0.5) is 5.82 Å². The molecule has 16 heavy (non-hydrogen) atoms. The molecule has 2 N–H and O–H groups in total. The lowest BCUT2D eigenvalue weighted by Gasteiger charge is -2.18. The van der Waals surface area contributed by atoms with E-state index in [-0.39, 0.29) is 5.92 Å². The monoisotopic (exact) mass is 219 g/mol. The minimum absolute atomic E-state index is 0.0463. The molecule has 1 aromatic rings. The molecule has 0 amide bonds. The smallest absolute Gasteiger partial charge is 0.326 e. The number of hydrogen-bond donors (Lipinski definition) is 2. The quantitative estimate of drug-likeness (QED) is 0.800. The number of aliphatic carboxylic acids is 1. The van der Waals surface area contributed by atoms with Crippen molar-refractivity contribution in [3.05, 3.63) is 23.9 Å². The second-order valence-corrected chi connectivity index (χ2v) is 3.75. The predicted octanol–water partition coefficient (Wildman–Crippen LogP) is 1.47. The number of carbonyl (C=O) groups is 1. The van der Waals surface area contributed by atoms with Gasteiger partial charge in [-0.05, 0) is 18.1 Å². The summed E-state index contributed by atoms with van der Waals surface area (Å²) in [5, 5.41) is 20.4. The maximum Gasteiger partial charge on any atom is 0.326 e. The summed E-state index contributed by atoms with van der Waals surface area (Å²) in [6, 6.07) is 4.45. The number of nitrogens with zero attached hydrogens (tertiary/aromatic N) is 2. The van der Waals surface area contributed by atoms with Gasteiger partial charge in [0.1, 0.15) is 17.9 Å². The van der Waals surface area contributed by atoms with Crippen LogP contribution in [-0.4, -0.2) is 22.1 Å². The number of anilines is 1. The first-order valence-corrected chi connectivity index (χ1v) is 4.90. The van der Waals surface area contributed by atoms with E-state index in [9.17, 15) is 4.79 Å². The molecule has 5 heteroatoms. The second kappa shape index (κ2) is 5.12. The Labute approximate surface area is 93.7 Å². The van der Waals surface area contributed by atoms with Crippen molar-refractivity contribution in [3.63, 3.8) is 0 Å². The van der Waals surface area contributed by atoms with Crippen molar-refractivity contribution in [2.24, 2.45) is 5.92 Å². The molecule has 0 bridgehead atoms. The van der Waals surface area contributed by atoms with Gasteiger partial charge in [0.2, 0.25) is 0 Å². The van der Waals surface area contributed by atoms with E-state index in [2.05, 4.69) is 10.3 Å². The standard InChI is InChI=1S/C11H13N3O2/c1-7(2)10(11(15)16)14-9-4-3-8(5-12)6-13-9/h3-4,6-7,10H,1-2H3,(H,13,14)(H,15,16)/t10-/m1/s1. The Hall–Kier alpha value is -2.09. The van der Waals surface area contributed by atoms with Gasteiger partial charge in [-0.25, -0.2) is 9.78 Å². The van der Waals surface area contributed by atoms with E-state index >= 15 is 0 Å². The summed E-state index contributed by atoms with van der Waals surface area (Å²) in [7, 11) is 0. The first-order valence-electron chi connectivity index (χ1n) is 4.90. The van der Waals surface area contributed by atoms with Crippen molar-refractivity contribution in [2.45, 2.75) is 19.9 Å². The molecule has 0 fully saturated rings. The van der Waals surface area contributed by atoms with Gasteiger partial charge in [-0.2, -0.15) is 5.26 Å². The Morgan fingerprint density at radius 1 is 1.56 bits per heavy atom. The molecule has 0 aliphatic carbocycles. The Morgan fingerprint density at radius 2 is 2.25 bits per heavy atom. The molecular weight excluding hydrogens is 206 g/mol. The third-order valence-corrected chi connectivity index (χ3v) is 2.13. The van der Waals surface area contributed by atoms with Gasteiger partial charge in [0.25, 0.3) is 0 Å². The predicted molar refractivity (Wildman–Crippen MR) is 58.8 cm³/mol. The van der Waals surface area contributed by atoms with E-state index < -0.39 is 12.0 Å². The average Bonchev–Trinajstić information content (AvgIpc) is 2.25. The lowest BCUT2D eigenvalue weighted by Crippen LogP contribution is -2.34. The third kappa shape index (κ3) is 2.95. The zero-order valence-corrected chi connectivity index (χ0v) is 9.14. The minimum Gasteiger partial charge on any atom is -0.480 e. The Balaban J connectivity index is 2.78. The molecule has 0 aliphatic heterocycles. The van der Waals surface area contributed by atoms with E-state index in [0.29, 0.717) is 11.4 Å². The van der Waals surface area contributed by atoms with Crippen molar-refractivity contribution in [2.75, 3.05) is 5.32 Å². The lowest BCUT2D eigenvalue weighted by atomic mass is 10.1. The molecule has 1 rings (SSSR count). The third-order valence-electron chi connectivity index (χ3n) is 2.13. The van der Waals surface area contributed by atoms with E-state index in [1.807, 2.05) is 19.9 Å². The summed E-state index contributed by atoms with van der Waals surface area (Å²) in [4.78, 5) is 14.9. The number of rotatable bonds is 4. The zero-order valence-electron chi connectivity index (χ0n) is 9.14. The van der Waals surface area contributed by atoms with Crippen LogP contribution in [0.15, 0.2) is 18.3 Å². The molecule has 0 aliphatic rings. The Bertz CT molecular complexity index is 406. The van der Waals surface area contributed by atoms with Gasteiger partial charge < -0.3 is 10.4 Å². The highest BCUT2D eigenvalue weighted by Crippen LogP contribution is 2.11. The molecule has 0 unspecified atom stereocenters. The maximum absolute atomic E-state index is 10.9. The van der Waals surface area contributed by atoms with E-state index in [0.717, 1.165) is 0 Å². The van der Waals surface area contributed by atoms with Crippen molar-refractivity contribution < 1.29 is 9.90 Å². The number of carboxylic acid groups (broad SMARTS) is 1. The molecule has 0 spiro atoms. The van der Waals surface area contributed by atoms with Crippen LogP contribution >= 0.6 is 0 Å². The van der Waals surface area contributed by atoms with E-state index in [1.54, 1.807) is 12.1 Å². The van der Waals surface area contributed by atoms with Crippen molar-refractivity contribution in [1.29, 1.82) is 5.26 Å². The Morgan fingerprint density at radius 3 is 2.62 bits per heavy atom. The summed E-state index contributed by atoms with van der Waals surface area (Å²) in [5.74, 6) is -0.504. The number of pyridine rings is 1. The van der Waals surface area contributed by atoms with Crippen LogP contribution in [0, 0.1) is 17.2 Å². The molecule has 1 heterocycles. The van der Waals surface area contributed by atoms with Crippen LogP contribution < -0.4 is 5.32 Å². The van der Waals surface area contributed by atoms with E-state index in [1.165, 1.54) is 6.20 Å². The SMILES string of the molecule is CC(C)[C@@H](Nc1ccc(C#N)cn1)C(=O)O. The molecule has 1 atom stereocenters. The number of nitriles is 1. The van der Waals surface area contributed by atoms with Gasteiger partial charge >= 0.3 is 5.97 Å². The zero-order chi connectivity index (χ0) is 12.1. The highest BCUT2D eigenvalue weighted by molar-refractivity contribution is 5.77. The van der Waals surface area contributed by atoms with Crippen LogP contribution in [-0.2, 0) is 4.79 Å². The fraction of sp³-hybridized carbons (Fsp3) is 0.364. The molecule has 0 saturated carbocycles. The van der Waals surface area contributed by atoms with Gasteiger partial charge in [0, 0.05) is 6.20 Å². The summed E-state index contributed by atoms with van der Waals surface area (Å²) in [5.41, 5.74) is 0.446. The van der Waals surface area contributed by atoms with Crippen LogP contribution in [0.5, 0.6) is 0 Å². The molecule has 0 saturated heterocycles. The highest BCUT2D eigenvalue weighted by atomic mass is 16.4. The van der Waals surface area contributed by atoms with Crippen molar-refractivity contribution in [3.8, 4) is 6.07 Å². The molecule has 1 aromatic heterocycles. The number of nitrogens with one attached hydrogen (secondary N) is 1. The van der Waals surface area contributed by atoms with Crippen LogP contribution in [0.2, 0.25) is 0 Å². The largest absolute Gasteiger partial charge is 0.480 e. The lowest BCUT2D eigenvalue weighted by molar-refractivity contribution is -0.138. The first kappa shape index (κ1) is 12.0. The summed E-state index contributed by atoms with van der Waals surface area (Å²) < 4.78 is 0. The van der Waals surface area contributed by atoms with Gasteiger partial charge in [-0.1, -0.05) is 13.8 Å². The van der Waals surface area contributed by atoms with Gasteiger partial charge in [0.05, 0.1) is 5.56 Å². The van der Waals surface area contributed by atoms with E-state index in [4.69, 9.17) is 10.4 Å². The fourth-order valence-corrected chi connectivity index (χ4v) is 1.22. The van der Waals surface area contributed by atoms with Gasteiger partial charge in [-0.3, -0.25) is 0 Å². The molecular formula is C11H13N3O2. The van der Waals surface area contributed by atoms with Gasteiger partial charge in [-0.15, -0.1) is 0 Å². The minimum atomic E-state index is -0.916. The highest BCUT2D eigenvalue weighted by Gasteiger charge is 2.21. The van der Waals surface area contributed by atoms with Crippen LogP contribution in [0.3, 0.4) is 0 Å². The molecule has 84 valence electrons. The van der Waals surface area contributed by atoms with Crippen LogP contribution in [0.1, 0.15) is 19.4 Å². The molecule has 0 aromatic carbocycles. The summed E-state index contributed by atoms with van der Waals surface area (Å²) in [6.45, 7) is 3.63. The topological polar surface area (TPSA) is 86.0 Å². The molecule has 0 radical (unpaired) electrons. The maximum atomic E-state index is 10.9. The van der Waals surface area contributed by atoms with Crippen molar-refractivity contribution >= 4 is 11.8 Å². The van der Waals surface area contributed by atoms with Gasteiger partial charge in [0.15, 0.2) is 0 Å². The van der Waals surface area contributed by atoms with Crippen molar-refractivity contribution in [1.82, 2.24) is 4.98 Å². The second-order valence-electron chi connectivity index (χ2n) is 3.75. The summed E-state index contributed by atoms with van der Waals surface area (Å²) >= 11 is 0.